The molecule has 1 unspecified atom stereocenters. The zero-order valence-corrected chi connectivity index (χ0v) is 11.6. The maximum atomic E-state index is 11.5. The van der Waals surface area contributed by atoms with Crippen LogP contribution >= 0.6 is 0 Å². The quantitative estimate of drug-likeness (QED) is 0.909. The van der Waals surface area contributed by atoms with E-state index < -0.39 is 0 Å². The lowest BCUT2D eigenvalue weighted by molar-refractivity contribution is -0.117. The number of nitriles is 1. The van der Waals surface area contributed by atoms with Crippen molar-refractivity contribution >= 4 is 5.91 Å². The third-order valence-electron chi connectivity index (χ3n) is 3.77. The third-order valence-corrected chi connectivity index (χ3v) is 3.77. The van der Waals surface area contributed by atoms with E-state index in [9.17, 15) is 4.79 Å². The molecule has 5 heteroatoms. The first-order chi connectivity index (χ1) is 10.1. The van der Waals surface area contributed by atoms with Crippen LogP contribution in [-0.4, -0.2) is 22.0 Å². The molecule has 1 aliphatic heterocycles. The van der Waals surface area contributed by atoms with E-state index in [1.54, 1.807) is 18.6 Å². The first kappa shape index (κ1) is 13.1. The molecule has 21 heavy (non-hydrogen) atoms. The minimum atomic E-state index is -0.369. The number of nitrogens with one attached hydrogen (secondary N) is 1. The largest absolute Gasteiger partial charge is 0.350 e. The van der Waals surface area contributed by atoms with E-state index in [1.807, 2.05) is 48.0 Å². The molecule has 2 heterocycles. The van der Waals surface area contributed by atoms with Crippen molar-refractivity contribution in [3.05, 3.63) is 60.2 Å². The average molecular weight is 278 g/mol. The van der Waals surface area contributed by atoms with Gasteiger partial charge in [0.05, 0.1) is 6.33 Å². The molecule has 1 aliphatic rings. The van der Waals surface area contributed by atoms with E-state index in [2.05, 4.69) is 10.3 Å². The van der Waals surface area contributed by atoms with E-state index in [4.69, 9.17) is 5.26 Å². The van der Waals surface area contributed by atoms with Gasteiger partial charge in [-0.15, -0.1) is 0 Å². The summed E-state index contributed by atoms with van der Waals surface area (Å²) >= 11 is 0. The van der Waals surface area contributed by atoms with Crippen molar-refractivity contribution in [3.8, 4) is 11.8 Å². The van der Waals surface area contributed by atoms with Crippen LogP contribution in [0, 0.1) is 11.3 Å². The third kappa shape index (κ3) is 2.32. The molecule has 5 nitrogen and oxygen atoms in total. The Labute approximate surface area is 122 Å². The fourth-order valence-corrected chi connectivity index (χ4v) is 2.49. The van der Waals surface area contributed by atoms with Gasteiger partial charge in [0.2, 0.25) is 0 Å². The van der Waals surface area contributed by atoms with Crippen LogP contribution in [0.4, 0.5) is 0 Å². The van der Waals surface area contributed by atoms with Crippen molar-refractivity contribution in [1.82, 2.24) is 14.9 Å². The Hall–Kier alpha value is -2.87. The summed E-state index contributed by atoms with van der Waals surface area (Å²) in [5.74, 6) is -0.301. The van der Waals surface area contributed by atoms with Crippen LogP contribution < -0.4 is 5.32 Å². The summed E-state index contributed by atoms with van der Waals surface area (Å²) in [5.41, 5.74) is 1.87. The molecule has 1 atom stereocenters. The van der Waals surface area contributed by atoms with Gasteiger partial charge in [0.1, 0.15) is 11.6 Å². The van der Waals surface area contributed by atoms with Gasteiger partial charge < -0.3 is 9.88 Å². The fraction of sp³-hybridized carbons (Fsp3) is 0.188. The standard InChI is InChI=1S/C16H14N4O/c1-16(8-12(9-17)15(21)19-10-16)13-2-4-14(5-3-13)20-7-6-18-11-20/h2-8,11H,10H2,1H3,(H,19,21). The van der Waals surface area contributed by atoms with Crippen LogP contribution in [0.15, 0.2) is 54.6 Å². The summed E-state index contributed by atoms with van der Waals surface area (Å²) in [5, 5.41) is 11.8. The van der Waals surface area contributed by atoms with Gasteiger partial charge in [-0.3, -0.25) is 4.79 Å². The summed E-state index contributed by atoms with van der Waals surface area (Å²) in [6.07, 6.45) is 7.10. The Bertz CT molecular complexity index is 738. The Kier molecular flexibility index (Phi) is 3.07. The topological polar surface area (TPSA) is 70.7 Å². The number of carbonyl (C=O) groups is 1. The maximum Gasteiger partial charge on any atom is 0.261 e. The van der Waals surface area contributed by atoms with Gasteiger partial charge in [-0.25, -0.2) is 4.98 Å². The van der Waals surface area contributed by atoms with Gasteiger partial charge >= 0.3 is 0 Å². The highest BCUT2D eigenvalue weighted by molar-refractivity contribution is 5.98. The van der Waals surface area contributed by atoms with Gasteiger partial charge in [-0.05, 0) is 23.8 Å². The van der Waals surface area contributed by atoms with Crippen molar-refractivity contribution < 1.29 is 4.79 Å². The van der Waals surface area contributed by atoms with Gasteiger partial charge in [-0.2, -0.15) is 5.26 Å². The zero-order valence-electron chi connectivity index (χ0n) is 11.6. The van der Waals surface area contributed by atoms with Crippen LogP contribution in [0.5, 0.6) is 0 Å². The molecule has 1 aromatic heterocycles. The van der Waals surface area contributed by atoms with E-state index >= 15 is 0 Å². The monoisotopic (exact) mass is 278 g/mol. The van der Waals surface area contributed by atoms with Crippen LogP contribution in [-0.2, 0) is 10.2 Å². The number of imidazole rings is 1. The molecule has 1 amide bonds. The molecule has 1 aromatic carbocycles. The predicted octanol–water partition coefficient (Wildman–Crippen LogP) is 1.71. The minimum Gasteiger partial charge on any atom is -0.350 e. The second-order valence-corrected chi connectivity index (χ2v) is 5.29. The molecule has 2 aromatic rings. The van der Waals surface area contributed by atoms with Crippen molar-refractivity contribution in [1.29, 1.82) is 5.26 Å². The van der Waals surface area contributed by atoms with Crippen LogP contribution in [0.25, 0.3) is 5.69 Å². The number of benzene rings is 1. The summed E-state index contributed by atoms with van der Waals surface area (Å²) in [6, 6.07) is 9.97. The molecule has 0 saturated heterocycles. The molecule has 1 N–H and O–H groups in total. The van der Waals surface area contributed by atoms with E-state index in [0.717, 1.165) is 11.3 Å². The Morgan fingerprint density at radius 3 is 2.76 bits per heavy atom. The van der Waals surface area contributed by atoms with E-state index in [0.29, 0.717) is 6.54 Å². The summed E-state index contributed by atoms with van der Waals surface area (Å²) in [4.78, 5) is 15.6. The molecule has 0 fully saturated rings. The molecular formula is C16H14N4O. The molecule has 0 radical (unpaired) electrons. The van der Waals surface area contributed by atoms with Gasteiger partial charge in [0.25, 0.3) is 5.91 Å². The SMILES string of the molecule is CC1(c2ccc(-n3ccnc3)cc2)C=C(C#N)C(=O)NC1. The Balaban J connectivity index is 1.96. The van der Waals surface area contributed by atoms with Gasteiger partial charge in [-0.1, -0.05) is 19.1 Å². The van der Waals surface area contributed by atoms with Crippen LogP contribution in [0.1, 0.15) is 12.5 Å². The molecular weight excluding hydrogens is 264 g/mol. The van der Waals surface area contributed by atoms with Crippen molar-refractivity contribution in [2.75, 3.05) is 6.54 Å². The number of carbonyl (C=O) groups excluding carboxylic acids is 1. The lowest BCUT2D eigenvalue weighted by Gasteiger charge is -2.31. The summed E-state index contributed by atoms with van der Waals surface area (Å²) < 4.78 is 1.92. The van der Waals surface area contributed by atoms with Crippen LogP contribution in [0.3, 0.4) is 0 Å². The lowest BCUT2D eigenvalue weighted by atomic mass is 9.79. The number of hydrogen-bond donors (Lipinski definition) is 1. The second kappa shape index (κ2) is 4.91. The summed E-state index contributed by atoms with van der Waals surface area (Å²) in [7, 11) is 0. The van der Waals surface area contributed by atoms with E-state index in [-0.39, 0.29) is 16.9 Å². The second-order valence-electron chi connectivity index (χ2n) is 5.29. The molecule has 0 aliphatic carbocycles. The lowest BCUT2D eigenvalue weighted by Crippen LogP contribution is -2.42. The van der Waals surface area contributed by atoms with E-state index in [1.165, 1.54) is 0 Å². The minimum absolute atomic E-state index is 0.169. The zero-order chi connectivity index (χ0) is 14.9. The first-order valence-electron chi connectivity index (χ1n) is 6.62. The number of rotatable bonds is 2. The highest BCUT2D eigenvalue weighted by atomic mass is 16.1. The highest BCUT2D eigenvalue weighted by Gasteiger charge is 2.31. The Morgan fingerprint density at radius 1 is 1.38 bits per heavy atom. The number of aromatic nitrogens is 2. The predicted molar refractivity (Wildman–Crippen MR) is 77.6 cm³/mol. The number of amides is 1. The molecule has 3 rings (SSSR count). The van der Waals surface area contributed by atoms with Crippen molar-refractivity contribution in [2.24, 2.45) is 0 Å². The van der Waals surface area contributed by atoms with Gasteiger partial charge in [0, 0.05) is 30.0 Å². The summed E-state index contributed by atoms with van der Waals surface area (Å²) in [6.45, 7) is 2.50. The van der Waals surface area contributed by atoms with Crippen LogP contribution in [0.2, 0.25) is 0 Å². The normalized spacial score (nSPS) is 21.3. The molecule has 104 valence electrons. The van der Waals surface area contributed by atoms with Gasteiger partial charge in [0.15, 0.2) is 0 Å². The number of nitrogens with zero attached hydrogens (tertiary/aromatic N) is 3. The van der Waals surface area contributed by atoms with Crippen molar-refractivity contribution in [3.63, 3.8) is 0 Å². The number of hydrogen-bond acceptors (Lipinski definition) is 3. The molecule has 0 saturated carbocycles. The molecule has 0 spiro atoms. The highest BCUT2D eigenvalue weighted by Crippen LogP contribution is 2.29. The Morgan fingerprint density at radius 2 is 2.14 bits per heavy atom. The van der Waals surface area contributed by atoms with Crippen molar-refractivity contribution in [2.45, 2.75) is 12.3 Å². The first-order valence-corrected chi connectivity index (χ1v) is 6.62. The fourth-order valence-electron chi connectivity index (χ4n) is 2.49. The average Bonchev–Trinajstić information content (AvgIpc) is 3.04. The smallest absolute Gasteiger partial charge is 0.261 e. The maximum absolute atomic E-state index is 11.5. The molecule has 0 bridgehead atoms.